The summed E-state index contributed by atoms with van der Waals surface area (Å²) in [4.78, 5) is 27.7. The highest BCUT2D eigenvalue weighted by Crippen LogP contribution is 2.23. The van der Waals surface area contributed by atoms with Gasteiger partial charge in [-0.3, -0.25) is 9.59 Å². The van der Waals surface area contributed by atoms with E-state index in [4.69, 9.17) is 9.47 Å². The minimum Gasteiger partial charge on any atom is -0.491 e. The molecule has 160 valence electrons. The second kappa shape index (κ2) is 10.9. The quantitative estimate of drug-likeness (QED) is 0.515. The molecule has 0 aliphatic heterocycles. The fourth-order valence-electron chi connectivity index (χ4n) is 3.12. The number of benzene rings is 3. The Morgan fingerprint density at radius 1 is 0.871 bits per heavy atom. The molecule has 0 radical (unpaired) electrons. The smallest absolute Gasteiger partial charge is 0.260 e. The van der Waals surface area contributed by atoms with Gasteiger partial charge in [0.1, 0.15) is 12.4 Å². The average Bonchev–Trinajstić information content (AvgIpc) is 2.81. The second-order valence-electron chi connectivity index (χ2n) is 6.75. The van der Waals surface area contributed by atoms with E-state index in [9.17, 15) is 9.59 Å². The molecule has 2 amide bonds. The molecule has 0 spiro atoms. The molecule has 3 aromatic carbocycles. The molecular weight excluding hydrogens is 392 g/mol. The van der Waals surface area contributed by atoms with Gasteiger partial charge in [-0.05, 0) is 55.5 Å². The summed E-state index contributed by atoms with van der Waals surface area (Å²) >= 11 is 0. The molecule has 1 N–H and O–H groups in total. The zero-order chi connectivity index (χ0) is 22.1. The molecule has 0 atom stereocenters. The summed E-state index contributed by atoms with van der Waals surface area (Å²) in [7, 11) is 1.61. The lowest BCUT2D eigenvalue weighted by Gasteiger charge is -2.22. The summed E-state index contributed by atoms with van der Waals surface area (Å²) in [6.45, 7) is 3.36. The molecule has 0 saturated carbocycles. The Morgan fingerprint density at radius 3 is 2.23 bits per heavy atom. The summed E-state index contributed by atoms with van der Waals surface area (Å²) in [6.07, 6.45) is 0. The lowest BCUT2D eigenvalue weighted by molar-refractivity contribution is 0.0989. The number of anilines is 2. The molecule has 6 nitrogen and oxygen atoms in total. The van der Waals surface area contributed by atoms with Gasteiger partial charge >= 0.3 is 0 Å². The number of amides is 2. The van der Waals surface area contributed by atoms with Gasteiger partial charge in [-0.15, -0.1) is 0 Å². The van der Waals surface area contributed by atoms with E-state index in [2.05, 4.69) is 5.32 Å². The maximum absolute atomic E-state index is 13.2. The van der Waals surface area contributed by atoms with Crippen molar-refractivity contribution in [2.24, 2.45) is 0 Å². The molecule has 3 aromatic rings. The van der Waals surface area contributed by atoms with Gasteiger partial charge in [0.2, 0.25) is 0 Å². The fourth-order valence-corrected chi connectivity index (χ4v) is 3.12. The molecule has 0 aromatic heterocycles. The molecule has 0 bridgehead atoms. The Bertz CT molecular complexity index is 1000. The van der Waals surface area contributed by atoms with Crippen molar-refractivity contribution in [1.82, 2.24) is 0 Å². The highest BCUT2D eigenvalue weighted by molar-refractivity contribution is 6.13. The molecule has 0 fully saturated rings. The summed E-state index contributed by atoms with van der Waals surface area (Å²) in [5.41, 5.74) is 2.17. The van der Waals surface area contributed by atoms with Crippen LogP contribution in [0.2, 0.25) is 0 Å². The number of methoxy groups -OCH3 is 1. The monoisotopic (exact) mass is 418 g/mol. The number of hydrogen-bond donors (Lipinski definition) is 1. The lowest BCUT2D eigenvalue weighted by atomic mass is 10.1. The van der Waals surface area contributed by atoms with Crippen molar-refractivity contribution in [2.75, 3.05) is 37.1 Å². The highest BCUT2D eigenvalue weighted by Gasteiger charge is 2.20. The first-order valence-corrected chi connectivity index (χ1v) is 10.1. The maximum atomic E-state index is 13.2. The molecule has 0 unspecified atom stereocenters. The molecule has 0 aliphatic carbocycles. The Kier molecular flexibility index (Phi) is 7.79. The minimum absolute atomic E-state index is 0.175. The van der Waals surface area contributed by atoms with Crippen LogP contribution in [0.25, 0.3) is 0 Å². The number of hydrogen-bond acceptors (Lipinski definition) is 4. The van der Waals surface area contributed by atoms with E-state index in [1.165, 1.54) is 0 Å². The van der Waals surface area contributed by atoms with E-state index in [0.29, 0.717) is 42.3 Å². The molecule has 0 aliphatic rings. The molecule has 31 heavy (non-hydrogen) atoms. The van der Waals surface area contributed by atoms with Crippen molar-refractivity contribution in [1.29, 1.82) is 0 Å². The highest BCUT2D eigenvalue weighted by atomic mass is 16.5. The molecule has 3 rings (SSSR count). The lowest BCUT2D eigenvalue weighted by Crippen LogP contribution is -2.31. The van der Waals surface area contributed by atoms with Crippen LogP contribution in [-0.2, 0) is 4.74 Å². The topological polar surface area (TPSA) is 67.9 Å². The van der Waals surface area contributed by atoms with Gasteiger partial charge in [0.25, 0.3) is 11.8 Å². The molecule has 6 heteroatoms. The van der Waals surface area contributed by atoms with E-state index < -0.39 is 0 Å². The second-order valence-corrected chi connectivity index (χ2v) is 6.75. The third-order valence-corrected chi connectivity index (χ3v) is 4.71. The normalized spacial score (nSPS) is 10.4. The standard InChI is InChI=1S/C25H26N2O4/c1-3-27(20-9-5-4-6-10-20)25(29)22-11-7-8-12-23(22)26-24(28)19-13-15-21(16-14-19)31-18-17-30-2/h4-16H,3,17-18H2,1-2H3,(H,26,28). The summed E-state index contributed by atoms with van der Waals surface area (Å²) in [5, 5.41) is 2.86. The average molecular weight is 418 g/mol. The van der Waals surface area contributed by atoms with Gasteiger partial charge in [-0.25, -0.2) is 0 Å². The maximum Gasteiger partial charge on any atom is 0.260 e. The van der Waals surface area contributed by atoms with Crippen LogP contribution in [0.5, 0.6) is 5.75 Å². The van der Waals surface area contributed by atoms with Gasteiger partial charge < -0.3 is 19.7 Å². The third-order valence-electron chi connectivity index (χ3n) is 4.71. The van der Waals surface area contributed by atoms with Crippen molar-refractivity contribution in [2.45, 2.75) is 6.92 Å². The van der Waals surface area contributed by atoms with E-state index in [1.54, 1.807) is 60.5 Å². The predicted molar refractivity (Wildman–Crippen MR) is 122 cm³/mol. The van der Waals surface area contributed by atoms with Crippen LogP contribution in [0.4, 0.5) is 11.4 Å². The van der Waals surface area contributed by atoms with E-state index in [0.717, 1.165) is 5.69 Å². The number of nitrogens with one attached hydrogen (secondary N) is 1. The summed E-state index contributed by atoms with van der Waals surface area (Å²) < 4.78 is 10.5. The zero-order valence-corrected chi connectivity index (χ0v) is 17.7. The number of para-hydroxylation sites is 2. The Hall–Kier alpha value is -3.64. The summed E-state index contributed by atoms with van der Waals surface area (Å²) in [5.74, 6) is 0.184. The molecular formula is C25H26N2O4. The Labute approximate surface area is 182 Å². The van der Waals surface area contributed by atoms with E-state index in [1.807, 2.05) is 37.3 Å². The Balaban J connectivity index is 1.75. The largest absolute Gasteiger partial charge is 0.491 e. The zero-order valence-electron chi connectivity index (χ0n) is 17.7. The third kappa shape index (κ3) is 5.71. The number of carbonyl (C=O) groups is 2. The van der Waals surface area contributed by atoms with Crippen LogP contribution in [0, 0.1) is 0 Å². The minimum atomic E-state index is -0.300. The van der Waals surface area contributed by atoms with Gasteiger partial charge in [-0.2, -0.15) is 0 Å². The van der Waals surface area contributed by atoms with Crippen molar-refractivity contribution in [3.8, 4) is 5.75 Å². The Morgan fingerprint density at radius 2 is 1.55 bits per heavy atom. The number of carbonyl (C=O) groups excluding carboxylic acids is 2. The van der Waals surface area contributed by atoms with Crippen LogP contribution in [0.1, 0.15) is 27.6 Å². The molecule has 0 heterocycles. The van der Waals surface area contributed by atoms with Crippen LogP contribution < -0.4 is 15.0 Å². The van der Waals surface area contributed by atoms with Gasteiger partial charge in [0.15, 0.2) is 0 Å². The fraction of sp³-hybridized carbons (Fsp3) is 0.200. The van der Waals surface area contributed by atoms with Crippen molar-refractivity contribution in [3.05, 3.63) is 90.0 Å². The van der Waals surface area contributed by atoms with Gasteiger partial charge in [-0.1, -0.05) is 30.3 Å². The van der Waals surface area contributed by atoms with Gasteiger partial charge in [0.05, 0.1) is 17.9 Å². The van der Waals surface area contributed by atoms with Crippen molar-refractivity contribution >= 4 is 23.2 Å². The first kappa shape index (κ1) is 22.1. The summed E-state index contributed by atoms with van der Waals surface area (Å²) in [6, 6.07) is 23.3. The van der Waals surface area contributed by atoms with Crippen molar-refractivity contribution < 1.29 is 19.1 Å². The SMILES string of the molecule is CCN(C(=O)c1ccccc1NC(=O)c1ccc(OCCOC)cc1)c1ccccc1. The van der Waals surface area contributed by atoms with E-state index in [-0.39, 0.29) is 11.8 Å². The number of ether oxygens (including phenoxy) is 2. The molecule has 0 saturated heterocycles. The number of rotatable bonds is 9. The first-order valence-electron chi connectivity index (χ1n) is 10.1. The van der Waals surface area contributed by atoms with Crippen LogP contribution in [-0.4, -0.2) is 38.7 Å². The predicted octanol–water partition coefficient (Wildman–Crippen LogP) is 4.63. The van der Waals surface area contributed by atoms with Crippen molar-refractivity contribution in [3.63, 3.8) is 0 Å². The van der Waals surface area contributed by atoms with Crippen LogP contribution in [0.15, 0.2) is 78.9 Å². The van der Waals surface area contributed by atoms with E-state index >= 15 is 0 Å². The first-order chi connectivity index (χ1) is 15.1. The van der Waals surface area contributed by atoms with Gasteiger partial charge in [0, 0.05) is 24.9 Å². The van der Waals surface area contributed by atoms with Crippen LogP contribution in [0.3, 0.4) is 0 Å². The van der Waals surface area contributed by atoms with Crippen LogP contribution >= 0.6 is 0 Å². The number of nitrogens with zero attached hydrogens (tertiary/aromatic N) is 1.